The second-order valence-electron chi connectivity index (χ2n) is 3.90. The van der Waals surface area contributed by atoms with Gasteiger partial charge >= 0.3 is 0 Å². The molecule has 1 aromatic heterocycles. The lowest BCUT2D eigenvalue weighted by Crippen LogP contribution is -2.00. The van der Waals surface area contributed by atoms with Crippen LogP contribution in [0.25, 0.3) is 0 Å². The van der Waals surface area contributed by atoms with Crippen molar-refractivity contribution in [3.63, 3.8) is 0 Å². The Bertz CT molecular complexity index is 464. The van der Waals surface area contributed by atoms with Crippen LogP contribution in [0.5, 0.6) is 0 Å². The van der Waals surface area contributed by atoms with Gasteiger partial charge in [-0.1, -0.05) is 35.8 Å². The number of benzene rings is 1. The number of rotatable bonds is 3. The van der Waals surface area contributed by atoms with Crippen molar-refractivity contribution in [3.05, 3.63) is 46.6 Å². The van der Waals surface area contributed by atoms with Gasteiger partial charge in [-0.25, -0.2) is 0 Å². The van der Waals surface area contributed by atoms with Crippen molar-refractivity contribution in [2.45, 2.75) is 26.2 Å². The van der Waals surface area contributed by atoms with E-state index in [-0.39, 0.29) is 5.92 Å². The van der Waals surface area contributed by atoms with Crippen molar-refractivity contribution in [1.29, 1.82) is 0 Å². The molecule has 2 rings (SSSR count). The molecule has 4 heteroatoms. The molecule has 3 nitrogen and oxygen atoms in total. The summed E-state index contributed by atoms with van der Waals surface area (Å²) in [5, 5.41) is 4.67. The molecule has 0 aliphatic carbocycles. The van der Waals surface area contributed by atoms with Gasteiger partial charge in [0.15, 0.2) is 5.82 Å². The molecule has 1 aromatic carbocycles. The van der Waals surface area contributed by atoms with Crippen molar-refractivity contribution in [2.24, 2.45) is 0 Å². The van der Waals surface area contributed by atoms with E-state index in [1.807, 2.05) is 24.3 Å². The smallest absolute Gasteiger partial charge is 0.223 e. The third-order valence-corrected chi connectivity index (χ3v) is 2.69. The second kappa shape index (κ2) is 4.66. The van der Waals surface area contributed by atoms with E-state index >= 15 is 0 Å². The molecule has 0 aliphatic rings. The molecule has 0 saturated heterocycles. The van der Waals surface area contributed by atoms with E-state index in [0.29, 0.717) is 5.89 Å². The molecule has 0 amide bonds. The van der Waals surface area contributed by atoms with Gasteiger partial charge in [-0.05, 0) is 24.1 Å². The molecule has 0 bridgehead atoms. The van der Waals surface area contributed by atoms with Crippen molar-refractivity contribution in [3.8, 4) is 0 Å². The van der Waals surface area contributed by atoms with E-state index in [2.05, 4.69) is 17.1 Å². The summed E-state index contributed by atoms with van der Waals surface area (Å²) in [4.78, 5) is 4.22. The summed E-state index contributed by atoms with van der Waals surface area (Å²) in [6, 6.07) is 7.83. The predicted molar refractivity (Wildman–Crippen MR) is 62.6 cm³/mol. The molecule has 1 unspecified atom stereocenters. The Kier molecular flexibility index (Phi) is 3.25. The number of hydrogen-bond acceptors (Lipinski definition) is 3. The zero-order chi connectivity index (χ0) is 11.5. The number of aryl methyl sites for hydroxylation is 1. The molecule has 0 spiro atoms. The van der Waals surface area contributed by atoms with Gasteiger partial charge in [-0.15, -0.1) is 0 Å². The maximum absolute atomic E-state index is 5.83. The molecule has 0 N–H and O–H groups in total. The van der Waals surface area contributed by atoms with Crippen molar-refractivity contribution in [2.75, 3.05) is 0 Å². The molecule has 16 heavy (non-hydrogen) atoms. The van der Waals surface area contributed by atoms with Crippen LogP contribution >= 0.6 is 11.6 Å². The Labute approximate surface area is 99.4 Å². The lowest BCUT2D eigenvalue weighted by atomic mass is 10.0. The third-order valence-electron chi connectivity index (χ3n) is 2.44. The molecule has 1 atom stereocenters. The largest absolute Gasteiger partial charge is 0.340 e. The number of nitrogens with zero attached hydrogens (tertiary/aromatic N) is 2. The first-order chi connectivity index (χ1) is 7.65. The monoisotopic (exact) mass is 236 g/mol. The predicted octanol–water partition coefficient (Wildman–Crippen LogP) is 3.38. The van der Waals surface area contributed by atoms with Crippen LogP contribution in [-0.4, -0.2) is 10.1 Å². The molecular weight excluding hydrogens is 224 g/mol. The van der Waals surface area contributed by atoms with E-state index in [9.17, 15) is 0 Å². The van der Waals surface area contributed by atoms with Gasteiger partial charge in [-0.2, -0.15) is 4.98 Å². The Morgan fingerprint density at radius 2 is 2.00 bits per heavy atom. The lowest BCUT2D eigenvalue weighted by molar-refractivity contribution is 0.384. The van der Waals surface area contributed by atoms with E-state index < -0.39 is 0 Å². The Morgan fingerprint density at radius 1 is 1.31 bits per heavy atom. The fourth-order valence-corrected chi connectivity index (χ4v) is 1.71. The summed E-state index contributed by atoms with van der Waals surface area (Å²) in [5.41, 5.74) is 1.22. The van der Waals surface area contributed by atoms with Gasteiger partial charge in [0.25, 0.3) is 0 Å². The van der Waals surface area contributed by atoms with Crippen molar-refractivity contribution < 1.29 is 4.52 Å². The highest BCUT2D eigenvalue weighted by atomic mass is 35.5. The minimum atomic E-state index is 0.249. The summed E-state index contributed by atoms with van der Waals surface area (Å²) in [6.07, 6.45) is 0.885. The molecule has 84 valence electrons. The van der Waals surface area contributed by atoms with Gasteiger partial charge < -0.3 is 4.52 Å². The van der Waals surface area contributed by atoms with Crippen molar-refractivity contribution in [1.82, 2.24) is 10.1 Å². The van der Waals surface area contributed by atoms with E-state index in [1.54, 1.807) is 6.92 Å². The summed E-state index contributed by atoms with van der Waals surface area (Å²) >= 11 is 5.83. The first kappa shape index (κ1) is 11.1. The number of aromatic nitrogens is 2. The van der Waals surface area contributed by atoms with Gasteiger partial charge in [-0.3, -0.25) is 0 Å². The highest BCUT2D eigenvalue weighted by Crippen LogP contribution is 2.19. The summed E-state index contributed by atoms with van der Waals surface area (Å²) in [6.45, 7) is 3.88. The maximum Gasteiger partial charge on any atom is 0.223 e. The van der Waals surface area contributed by atoms with E-state index in [1.165, 1.54) is 5.56 Å². The quantitative estimate of drug-likeness (QED) is 0.820. The fraction of sp³-hybridized carbons (Fsp3) is 0.333. The summed E-state index contributed by atoms with van der Waals surface area (Å²) < 4.78 is 4.96. The number of hydrogen-bond donors (Lipinski definition) is 0. The molecule has 0 fully saturated rings. The van der Waals surface area contributed by atoms with E-state index in [0.717, 1.165) is 17.3 Å². The van der Waals surface area contributed by atoms with E-state index in [4.69, 9.17) is 16.1 Å². The molecule has 2 aromatic rings. The van der Waals surface area contributed by atoms with Crippen LogP contribution in [0.1, 0.15) is 30.1 Å². The molecule has 0 aliphatic heterocycles. The zero-order valence-electron chi connectivity index (χ0n) is 9.27. The minimum absolute atomic E-state index is 0.249. The number of halogens is 1. The van der Waals surface area contributed by atoms with Crippen LogP contribution in [0.4, 0.5) is 0 Å². The minimum Gasteiger partial charge on any atom is -0.340 e. The SMILES string of the molecule is Cc1nc(C(C)Cc2ccc(Cl)cc2)no1. The topological polar surface area (TPSA) is 38.9 Å². The van der Waals surface area contributed by atoms with Gasteiger partial charge in [0, 0.05) is 17.9 Å². The maximum atomic E-state index is 5.83. The average molecular weight is 237 g/mol. The summed E-state index contributed by atoms with van der Waals surface area (Å²) in [5.74, 6) is 1.61. The highest BCUT2D eigenvalue weighted by Gasteiger charge is 2.12. The lowest BCUT2D eigenvalue weighted by Gasteiger charge is -2.06. The van der Waals surface area contributed by atoms with Gasteiger partial charge in [0.05, 0.1) is 0 Å². The van der Waals surface area contributed by atoms with Crippen LogP contribution in [-0.2, 0) is 6.42 Å². The van der Waals surface area contributed by atoms with Crippen molar-refractivity contribution >= 4 is 11.6 Å². The van der Waals surface area contributed by atoms with Crippen LogP contribution in [0.2, 0.25) is 5.02 Å². The normalized spacial score (nSPS) is 12.7. The Balaban J connectivity index is 2.07. The van der Waals surface area contributed by atoms with Crippen LogP contribution < -0.4 is 0 Å². The van der Waals surface area contributed by atoms with Crippen LogP contribution in [0, 0.1) is 6.92 Å². The standard InChI is InChI=1S/C12H13ClN2O/c1-8(12-14-9(2)16-15-12)7-10-3-5-11(13)6-4-10/h3-6,8H,7H2,1-2H3. The van der Waals surface area contributed by atoms with Gasteiger partial charge in [0.2, 0.25) is 5.89 Å². The van der Waals surface area contributed by atoms with Crippen LogP contribution in [0.15, 0.2) is 28.8 Å². The molecule has 0 saturated carbocycles. The zero-order valence-corrected chi connectivity index (χ0v) is 10.0. The van der Waals surface area contributed by atoms with Gasteiger partial charge in [0.1, 0.15) is 0 Å². The Morgan fingerprint density at radius 3 is 2.56 bits per heavy atom. The first-order valence-electron chi connectivity index (χ1n) is 5.20. The Hall–Kier alpha value is -1.35. The molecule has 0 radical (unpaired) electrons. The highest BCUT2D eigenvalue weighted by molar-refractivity contribution is 6.30. The second-order valence-corrected chi connectivity index (χ2v) is 4.34. The summed E-state index contributed by atoms with van der Waals surface area (Å²) in [7, 11) is 0. The first-order valence-corrected chi connectivity index (χ1v) is 5.57. The fourth-order valence-electron chi connectivity index (χ4n) is 1.58. The molecular formula is C12H13ClN2O. The molecule has 1 heterocycles. The van der Waals surface area contributed by atoms with Crippen LogP contribution in [0.3, 0.4) is 0 Å². The third kappa shape index (κ3) is 2.61. The average Bonchev–Trinajstić information content (AvgIpc) is 2.68.